The van der Waals surface area contributed by atoms with Gasteiger partial charge in [-0.3, -0.25) is 0 Å². The number of nitrogens with zero attached hydrogens (tertiary/aromatic N) is 1. The van der Waals surface area contributed by atoms with Crippen LogP contribution in [0, 0.1) is 33.1 Å². The average molecular weight is 666 g/mol. The molecule has 0 radical (unpaired) electrons. The summed E-state index contributed by atoms with van der Waals surface area (Å²) in [7, 11) is 0. The summed E-state index contributed by atoms with van der Waals surface area (Å²) >= 11 is 1.94. The van der Waals surface area contributed by atoms with Gasteiger partial charge in [-0.25, -0.2) is 0 Å². The largest absolute Gasteiger partial charge is 0.491 e. The molecule has 49 heavy (non-hydrogen) atoms. The number of hydrogen-bond acceptors (Lipinski definition) is 4. The topological polar surface area (TPSA) is 21.7 Å². The lowest BCUT2D eigenvalue weighted by molar-refractivity contribution is 0.325. The summed E-state index contributed by atoms with van der Waals surface area (Å²) in [5.41, 5.74) is 10.7. The first-order valence-electron chi connectivity index (χ1n) is 17.6. The number of allylic oxidation sites excluding steroid dienone is 6. The maximum absolute atomic E-state index is 6.48. The summed E-state index contributed by atoms with van der Waals surface area (Å²) < 4.78 is 14.2. The van der Waals surface area contributed by atoms with Crippen LogP contribution in [0.3, 0.4) is 0 Å². The van der Waals surface area contributed by atoms with E-state index >= 15 is 0 Å². The van der Waals surface area contributed by atoms with Crippen molar-refractivity contribution in [2.75, 3.05) is 18.1 Å². The van der Waals surface area contributed by atoms with E-state index in [1.54, 1.807) is 0 Å². The predicted molar refractivity (Wildman–Crippen MR) is 210 cm³/mol. The second-order valence-electron chi connectivity index (χ2n) is 14.5. The summed E-state index contributed by atoms with van der Waals surface area (Å²) in [5, 5.41) is 3.74. The van der Waals surface area contributed by atoms with E-state index in [-0.39, 0.29) is 5.41 Å². The zero-order valence-electron chi connectivity index (χ0n) is 29.9. The van der Waals surface area contributed by atoms with Crippen LogP contribution in [0.15, 0.2) is 108 Å². The lowest BCUT2D eigenvalue weighted by Crippen LogP contribution is -2.26. The van der Waals surface area contributed by atoms with Gasteiger partial charge in [0.25, 0.3) is 0 Å². The maximum atomic E-state index is 6.48. The van der Waals surface area contributed by atoms with Crippen LogP contribution < -0.4 is 14.4 Å². The van der Waals surface area contributed by atoms with Crippen LogP contribution in [0.25, 0.3) is 26.9 Å². The Kier molecular flexibility index (Phi) is 9.02. The van der Waals surface area contributed by atoms with E-state index in [0.29, 0.717) is 13.2 Å². The second kappa shape index (κ2) is 13.4. The van der Waals surface area contributed by atoms with E-state index in [9.17, 15) is 0 Å². The summed E-state index contributed by atoms with van der Waals surface area (Å²) in [6, 6.07) is 23.7. The number of aryl methyl sites for hydroxylation is 5. The van der Waals surface area contributed by atoms with Gasteiger partial charge in [0, 0.05) is 15.0 Å². The first-order valence-corrected chi connectivity index (χ1v) is 18.4. The standard InChI is InChI=1S/C45H47NO2S/c1-8-36-38-21-29(2)32(5)24-42(38)49-43(36)26-34-25-33(27-45(6,7)28-34)13-11-18-44-46(39-22-30(3)31(4)23-41(39)48-44)19-20-47-40-17-12-15-35-14-9-10-16-37(35)40/h9-18,21-26H,8,19-20,27-28H2,1-7H3. The SMILES string of the molecule is CCc1c(C=C2C=C(C=CC=C3Oc4cc(C)c(C)cc4N3CCOc3cccc4ccccc34)CC(C)(C)C2)sc2cc(C)c(C)cc12. The van der Waals surface area contributed by atoms with Crippen molar-refractivity contribution >= 4 is 44.0 Å². The van der Waals surface area contributed by atoms with E-state index in [0.717, 1.165) is 47.7 Å². The van der Waals surface area contributed by atoms with E-state index in [1.807, 2.05) is 11.3 Å². The Labute approximate surface area is 295 Å². The highest BCUT2D eigenvalue weighted by atomic mass is 32.1. The number of hydrogen-bond donors (Lipinski definition) is 0. The zero-order valence-corrected chi connectivity index (χ0v) is 30.8. The van der Waals surface area contributed by atoms with Crippen molar-refractivity contribution in [3.63, 3.8) is 0 Å². The monoisotopic (exact) mass is 665 g/mol. The predicted octanol–water partition coefficient (Wildman–Crippen LogP) is 12.4. The molecule has 1 aliphatic heterocycles. The minimum Gasteiger partial charge on any atom is -0.491 e. The minimum atomic E-state index is 0.184. The molecule has 3 nitrogen and oxygen atoms in total. The van der Waals surface area contributed by atoms with Gasteiger partial charge < -0.3 is 14.4 Å². The van der Waals surface area contributed by atoms with Crippen LogP contribution >= 0.6 is 11.3 Å². The van der Waals surface area contributed by atoms with Crippen molar-refractivity contribution < 1.29 is 9.47 Å². The molecule has 0 unspecified atom stereocenters. The van der Waals surface area contributed by atoms with Crippen molar-refractivity contribution in [2.45, 2.75) is 67.7 Å². The van der Waals surface area contributed by atoms with Crippen LogP contribution in [0.2, 0.25) is 0 Å². The third-order valence-electron chi connectivity index (χ3n) is 10.1. The normalized spacial score (nSPS) is 17.4. The Bertz CT molecular complexity index is 2190. The number of fused-ring (bicyclic) bond motifs is 3. The Hall–Kier alpha value is -4.54. The second-order valence-corrected chi connectivity index (χ2v) is 15.6. The fourth-order valence-electron chi connectivity index (χ4n) is 7.31. The van der Waals surface area contributed by atoms with Crippen LogP contribution in [0.4, 0.5) is 5.69 Å². The Balaban J connectivity index is 1.15. The molecule has 0 saturated carbocycles. The van der Waals surface area contributed by atoms with Crippen LogP contribution in [-0.2, 0) is 6.42 Å². The third-order valence-corrected chi connectivity index (χ3v) is 11.2. The van der Waals surface area contributed by atoms with Crippen LogP contribution in [0.5, 0.6) is 11.5 Å². The van der Waals surface area contributed by atoms with Crippen molar-refractivity contribution in [1.82, 2.24) is 0 Å². The maximum Gasteiger partial charge on any atom is 0.200 e. The number of rotatable bonds is 8. The van der Waals surface area contributed by atoms with Crippen molar-refractivity contribution in [3.05, 3.63) is 141 Å². The van der Waals surface area contributed by atoms with E-state index in [1.165, 1.54) is 59.3 Å². The molecular formula is C45H47NO2S. The molecule has 1 aliphatic carbocycles. The van der Waals surface area contributed by atoms with Gasteiger partial charge >= 0.3 is 0 Å². The van der Waals surface area contributed by atoms with Gasteiger partial charge in [-0.2, -0.15) is 0 Å². The van der Waals surface area contributed by atoms with Crippen LogP contribution in [0.1, 0.15) is 66.3 Å². The van der Waals surface area contributed by atoms with Gasteiger partial charge in [0.1, 0.15) is 12.4 Å². The fraction of sp³-hybridized carbons (Fsp3) is 0.289. The molecule has 0 bridgehead atoms. The molecule has 0 N–H and O–H groups in total. The number of benzene rings is 4. The molecule has 1 aromatic heterocycles. The molecule has 2 aliphatic rings. The number of thiophene rings is 1. The highest BCUT2D eigenvalue weighted by Crippen LogP contribution is 2.43. The summed E-state index contributed by atoms with van der Waals surface area (Å²) in [6.45, 7) is 17.0. The molecule has 0 fully saturated rings. The first kappa shape index (κ1) is 33.0. The van der Waals surface area contributed by atoms with E-state index in [4.69, 9.17) is 9.47 Å². The van der Waals surface area contributed by atoms with Gasteiger partial charge in [0.2, 0.25) is 5.88 Å². The van der Waals surface area contributed by atoms with E-state index in [2.05, 4.69) is 150 Å². The average Bonchev–Trinajstić information content (AvgIpc) is 3.56. The molecule has 0 amide bonds. The molecule has 0 spiro atoms. The Morgan fingerprint density at radius 2 is 1.63 bits per heavy atom. The Morgan fingerprint density at radius 1 is 0.878 bits per heavy atom. The lowest BCUT2D eigenvalue weighted by atomic mass is 9.75. The molecule has 4 aromatic carbocycles. The van der Waals surface area contributed by atoms with Crippen molar-refractivity contribution in [2.24, 2.45) is 5.41 Å². The summed E-state index contributed by atoms with van der Waals surface area (Å²) in [4.78, 5) is 3.65. The van der Waals surface area contributed by atoms with Crippen LogP contribution in [-0.4, -0.2) is 13.2 Å². The van der Waals surface area contributed by atoms with Crippen molar-refractivity contribution in [3.8, 4) is 11.5 Å². The van der Waals surface area contributed by atoms with Gasteiger partial charge in [-0.15, -0.1) is 11.3 Å². The summed E-state index contributed by atoms with van der Waals surface area (Å²) in [6.07, 6.45) is 14.6. The first-order chi connectivity index (χ1) is 23.6. The number of anilines is 1. The van der Waals surface area contributed by atoms with Gasteiger partial charge in [-0.05, 0) is 139 Å². The molecular weight excluding hydrogens is 619 g/mol. The molecule has 7 rings (SSSR count). The van der Waals surface area contributed by atoms with Crippen molar-refractivity contribution in [1.29, 1.82) is 0 Å². The minimum absolute atomic E-state index is 0.184. The molecule has 2 heterocycles. The highest BCUT2D eigenvalue weighted by molar-refractivity contribution is 7.20. The lowest BCUT2D eigenvalue weighted by Gasteiger charge is -2.30. The quantitative estimate of drug-likeness (QED) is 0.165. The molecule has 250 valence electrons. The van der Waals surface area contributed by atoms with Gasteiger partial charge in [0.15, 0.2) is 5.75 Å². The van der Waals surface area contributed by atoms with Gasteiger partial charge in [0.05, 0.1) is 12.2 Å². The summed E-state index contributed by atoms with van der Waals surface area (Å²) in [5.74, 6) is 2.64. The number of ether oxygens (including phenoxy) is 2. The molecule has 4 heteroatoms. The van der Waals surface area contributed by atoms with Gasteiger partial charge in [-0.1, -0.05) is 81.5 Å². The third kappa shape index (κ3) is 6.85. The molecule has 0 atom stereocenters. The molecule has 0 saturated heterocycles. The fourth-order valence-corrected chi connectivity index (χ4v) is 8.66. The Morgan fingerprint density at radius 3 is 2.47 bits per heavy atom. The smallest absolute Gasteiger partial charge is 0.200 e. The highest BCUT2D eigenvalue weighted by Gasteiger charge is 2.28. The van der Waals surface area contributed by atoms with E-state index < -0.39 is 0 Å². The molecule has 5 aromatic rings. The zero-order chi connectivity index (χ0) is 34.3.